The number of piperidine rings is 1. The fourth-order valence-electron chi connectivity index (χ4n) is 2.07. The zero-order valence-corrected chi connectivity index (χ0v) is 11.7. The van der Waals surface area contributed by atoms with Crippen molar-refractivity contribution in [2.75, 3.05) is 20.1 Å². The van der Waals surface area contributed by atoms with Gasteiger partial charge >= 0.3 is 0 Å². The molecule has 0 aliphatic carbocycles. The number of rotatable bonds is 3. The van der Waals surface area contributed by atoms with Crippen molar-refractivity contribution in [1.82, 2.24) is 9.88 Å². The molecule has 98 valence electrons. The molecular weight excluding hydrogens is 246 g/mol. The van der Waals surface area contributed by atoms with Gasteiger partial charge in [0, 0.05) is 18.8 Å². The van der Waals surface area contributed by atoms with E-state index in [4.69, 9.17) is 22.7 Å². The van der Waals surface area contributed by atoms with Gasteiger partial charge in [-0.1, -0.05) is 12.2 Å². The van der Waals surface area contributed by atoms with Gasteiger partial charge in [0.25, 0.3) is 0 Å². The SMILES string of the molecule is Cc1ccc(C(N)=S)c(OC2CCN(C)CC2)n1. The highest BCUT2D eigenvalue weighted by Crippen LogP contribution is 2.21. The summed E-state index contributed by atoms with van der Waals surface area (Å²) in [6.45, 7) is 4.04. The van der Waals surface area contributed by atoms with Crippen LogP contribution in [0.5, 0.6) is 5.88 Å². The largest absolute Gasteiger partial charge is 0.474 e. The lowest BCUT2D eigenvalue weighted by molar-refractivity contribution is 0.109. The third-order valence-electron chi connectivity index (χ3n) is 3.21. The van der Waals surface area contributed by atoms with Crippen LogP contribution in [0.4, 0.5) is 0 Å². The summed E-state index contributed by atoms with van der Waals surface area (Å²) in [5.41, 5.74) is 7.34. The van der Waals surface area contributed by atoms with E-state index in [2.05, 4.69) is 16.9 Å². The molecule has 2 heterocycles. The lowest BCUT2D eigenvalue weighted by Crippen LogP contribution is -2.36. The van der Waals surface area contributed by atoms with Crippen LogP contribution in [-0.2, 0) is 0 Å². The maximum atomic E-state index is 5.97. The van der Waals surface area contributed by atoms with E-state index < -0.39 is 0 Å². The van der Waals surface area contributed by atoms with Crippen molar-refractivity contribution in [3.63, 3.8) is 0 Å². The van der Waals surface area contributed by atoms with Gasteiger partial charge < -0.3 is 15.4 Å². The van der Waals surface area contributed by atoms with Crippen LogP contribution in [-0.4, -0.2) is 41.1 Å². The van der Waals surface area contributed by atoms with Crippen LogP contribution in [0.15, 0.2) is 12.1 Å². The molecular formula is C13H19N3OS. The minimum Gasteiger partial charge on any atom is -0.474 e. The van der Waals surface area contributed by atoms with Crippen LogP contribution in [0.25, 0.3) is 0 Å². The van der Waals surface area contributed by atoms with Gasteiger partial charge in [0.15, 0.2) is 0 Å². The van der Waals surface area contributed by atoms with Gasteiger partial charge in [0.1, 0.15) is 11.1 Å². The maximum Gasteiger partial charge on any atom is 0.224 e. The lowest BCUT2D eigenvalue weighted by atomic mass is 10.1. The van der Waals surface area contributed by atoms with Gasteiger partial charge in [-0.3, -0.25) is 0 Å². The summed E-state index contributed by atoms with van der Waals surface area (Å²) in [5.74, 6) is 0.581. The molecule has 1 aromatic rings. The van der Waals surface area contributed by atoms with Gasteiger partial charge in [0.2, 0.25) is 5.88 Å². The molecule has 2 rings (SSSR count). The zero-order valence-electron chi connectivity index (χ0n) is 10.8. The number of likely N-dealkylation sites (tertiary alicyclic amines) is 1. The van der Waals surface area contributed by atoms with Crippen LogP contribution in [0.1, 0.15) is 24.1 Å². The summed E-state index contributed by atoms with van der Waals surface area (Å²) < 4.78 is 5.97. The van der Waals surface area contributed by atoms with Crippen molar-refractivity contribution in [3.05, 3.63) is 23.4 Å². The molecule has 1 aliphatic rings. The Kier molecular flexibility index (Phi) is 4.14. The topological polar surface area (TPSA) is 51.4 Å². The van der Waals surface area contributed by atoms with E-state index in [1.165, 1.54) is 0 Å². The quantitative estimate of drug-likeness (QED) is 0.839. The monoisotopic (exact) mass is 265 g/mol. The van der Waals surface area contributed by atoms with Crippen molar-refractivity contribution < 1.29 is 4.74 Å². The van der Waals surface area contributed by atoms with Crippen molar-refractivity contribution in [3.8, 4) is 5.88 Å². The summed E-state index contributed by atoms with van der Waals surface area (Å²) >= 11 is 5.03. The molecule has 0 unspecified atom stereocenters. The second kappa shape index (κ2) is 5.63. The van der Waals surface area contributed by atoms with Crippen LogP contribution in [0.3, 0.4) is 0 Å². The highest BCUT2D eigenvalue weighted by Gasteiger charge is 2.20. The average molecular weight is 265 g/mol. The molecule has 4 nitrogen and oxygen atoms in total. The first kappa shape index (κ1) is 13.2. The van der Waals surface area contributed by atoms with E-state index in [-0.39, 0.29) is 6.10 Å². The number of ether oxygens (including phenoxy) is 1. The predicted octanol–water partition coefficient (Wildman–Crippen LogP) is 1.50. The number of aryl methyl sites for hydroxylation is 1. The molecule has 1 saturated heterocycles. The first-order chi connectivity index (χ1) is 8.56. The molecule has 5 heteroatoms. The van der Waals surface area contributed by atoms with Crippen LogP contribution in [0.2, 0.25) is 0 Å². The van der Waals surface area contributed by atoms with Gasteiger partial charge in [-0.05, 0) is 38.9 Å². The number of aromatic nitrogens is 1. The normalized spacial score (nSPS) is 17.7. The van der Waals surface area contributed by atoms with Gasteiger partial charge in [0.05, 0.1) is 5.56 Å². The third kappa shape index (κ3) is 3.17. The van der Waals surface area contributed by atoms with E-state index in [1.807, 2.05) is 19.1 Å². The van der Waals surface area contributed by atoms with Gasteiger partial charge in [-0.25, -0.2) is 4.98 Å². The maximum absolute atomic E-state index is 5.97. The first-order valence-electron chi connectivity index (χ1n) is 6.19. The van der Waals surface area contributed by atoms with Crippen molar-refractivity contribution >= 4 is 17.2 Å². The first-order valence-corrected chi connectivity index (χ1v) is 6.59. The second-order valence-electron chi connectivity index (χ2n) is 4.79. The van der Waals surface area contributed by atoms with Crippen LogP contribution < -0.4 is 10.5 Å². The molecule has 0 atom stereocenters. The van der Waals surface area contributed by atoms with Crippen molar-refractivity contribution in [1.29, 1.82) is 0 Å². The van der Waals surface area contributed by atoms with E-state index in [0.717, 1.165) is 37.2 Å². The minimum absolute atomic E-state index is 0.212. The summed E-state index contributed by atoms with van der Waals surface area (Å²) in [5, 5.41) is 0. The number of pyridine rings is 1. The Bertz CT molecular complexity index is 442. The minimum atomic E-state index is 0.212. The number of nitrogens with two attached hydrogens (primary N) is 1. The fourth-order valence-corrected chi connectivity index (χ4v) is 2.23. The Hall–Kier alpha value is -1.20. The van der Waals surface area contributed by atoms with Gasteiger partial charge in [-0.2, -0.15) is 0 Å². The Labute approximate surface area is 113 Å². The van der Waals surface area contributed by atoms with Gasteiger partial charge in [-0.15, -0.1) is 0 Å². The highest BCUT2D eigenvalue weighted by molar-refractivity contribution is 7.80. The molecule has 1 aliphatic heterocycles. The lowest BCUT2D eigenvalue weighted by Gasteiger charge is -2.29. The Morgan fingerprint density at radius 2 is 2.11 bits per heavy atom. The second-order valence-corrected chi connectivity index (χ2v) is 5.23. The summed E-state index contributed by atoms with van der Waals surface area (Å²) in [6.07, 6.45) is 2.25. The summed E-state index contributed by atoms with van der Waals surface area (Å²) in [6, 6.07) is 3.78. The van der Waals surface area contributed by atoms with Crippen molar-refractivity contribution in [2.45, 2.75) is 25.9 Å². The van der Waals surface area contributed by atoms with E-state index >= 15 is 0 Å². The molecule has 0 amide bonds. The fraction of sp³-hybridized carbons (Fsp3) is 0.538. The molecule has 1 aromatic heterocycles. The number of nitrogens with zero attached hydrogens (tertiary/aromatic N) is 2. The van der Waals surface area contributed by atoms with E-state index in [1.54, 1.807) is 0 Å². The Morgan fingerprint density at radius 1 is 1.44 bits per heavy atom. The molecule has 2 N–H and O–H groups in total. The smallest absolute Gasteiger partial charge is 0.224 e. The Morgan fingerprint density at radius 3 is 2.72 bits per heavy atom. The standard InChI is InChI=1S/C13H19N3OS/c1-9-3-4-11(12(14)18)13(15-9)17-10-5-7-16(2)8-6-10/h3-4,10H,5-8H2,1-2H3,(H2,14,18). The molecule has 0 radical (unpaired) electrons. The predicted molar refractivity (Wildman–Crippen MR) is 76.0 cm³/mol. The Balaban J connectivity index is 2.12. The van der Waals surface area contributed by atoms with Crippen LogP contribution >= 0.6 is 12.2 Å². The summed E-state index contributed by atoms with van der Waals surface area (Å²) in [4.78, 5) is 7.05. The van der Waals surface area contributed by atoms with Crippen LogP contribution in [0, 0.1) is 6.92 Å². The van der Waals surface area contributed by atoms with E-state index in [0.29, 0.717) is 10.9 Å². The number of hydrogen-bond donors (Lipinski definition) is 1. The van der Waals surface area contributed by atoms with E-state index in [9.17, 15) is 0 Å². The molecule has 1 fully saturated rings. The van der Waals surface area contributed by atoms with Crippen molar-refractivity contribution in [2.24, 2.45) is 5.73 Å². The highest BCUT2D eigenvalue weighted by atomic mass is 32.1. The molecule has 18 heavy (non-hydrogen) atoms. The third-order valence-corrected chi connectivity index (χ3v) is 3.43. The number of hydrogen-bond acceptors (Lipinski definition) is 4. The molecule has 0 bridgehead atoms. The zero-order chi connectivity index (χ0) is 13.1. The molecule has 0 spiro atoms. The molecule has 0 saturated carbocycles. The average Bonchev–Trinajstić information content (AvgIpc) is 2.32. The number of thiocarbonyl (C=S) groups is 1. The summed E-state index contributed by atoms with van der Waals surface area (Å²) in [7, 11) is 2.13. The molecule has 0 aromatic carbocycles.